The second kappa shape index (κ2) is 4.04. The lowest BCUT2D eigenvalue weighted by Crippen LogP contribution is -2.11. The van der Waals surface area contributed by atoms with Gasteiger partial charge >= 0.3 is 0 Å². The standard InChI is InChI=1S/C13H22O/c1-9(2)12-11(8-14)13(12)10-6-4-3-5-7-10/h8-13H,3-7H2,1-2H3/t11-,12-,13+/m1/s1. The topological polar surface area (TPSA) is 17.1 Å². The first kappa shape index (κ1) is 10.2. The fraction of sp³-hybridized carbons (Fsp3) is 0.923. The summed E-state index contributed by atoms with van der Waals surface area (Å²) in [5, 5.41) is 0. The molecule has 80 valence electrons. The van der Waals surface area contributed by atoms with Gasteiger partial charge in [-0.3, -0.25) is 0 Å². The first-order chi connectivity index (χ1) is 6.75. The minimum Gasteiger partial charge on any atom is -0.303 e. The highest BCUT2D eigenvalue weighted by atomic mass is 16.1. The molecule has 2 aliphatic carbocycles. The summed E-state index contributed by atoms with van der Waals surface area (Å²) < 4.78 is 0. The van der Waals surface area contributed by atoms with Crippen LogP contribution in [-0.4, -0.2) is 6.29 Å². The van der Waals surface area contributed by atoms with Crippen LogP contribution < -0.4 is 0 Å². The third kappa shape index (κ3) is 1.74. The molecule has 0 radical (unpaired) electrons. The molecule has 0 bridgehead atoms. The fourth-order valence-electron chi connectivity index (χ4n) is 3.60. The second-order valence-electron chi connectivity index (χ2n) is 5.51. The summed E-state index contributed by atoms with van der Waals surface area (Å²) >= 11 is 0. The van der Waals surface area contributed by atoms with Crippen molar-refractivity contribution in [3.63, 3.8) is 0 Å². The zero-order valence-electron chi connectivity index (χ0n) is 9.41. The Morgan fingerprint density at radius 1 is 1.14 bits per heavy atom. The van der Waals surface area contributed by atoms with E-state index in [0.29, 0.717) is 11.8 Å². The van der Waals surface area contributed by atoms with Crippen molar-refractivity contribution >= 4 is 6.29 Å². The third-order valence-corrected chi connectivity index (χ3v) is 4.31. The Morgan fingerprint density at radius 2 is 1.79 bits per heavy atom. The molecule has 0 spiro atoms. The predicted molar refractivity (Wildman–Crippen MR) is 57.9 cm³/mol. The average Bonchev–Trinajstić information content (AvgIpc) is 2.93. The van der Waals surface area contributed by atoms with Gasteiger partial charge in [-0.15, -0.1) is 0 Å². The molecule has 0 aromatic heterocycles. The van der Waals surface area contributed by atoms with Crippen LogP contribution in [0.1, 0.15) is 46.0 Å². The molecule has 0 aromatic rings. The van der Waals surface area contributed by atoms with Crippen molar-refractivity contribution in [2.75, 3.05) is 0 Å². The maximum absolute atomic E-state index is 10.9. The van der Waals surface area contributed by atoms with Gasteiger partial charge in [0.15, 0.2) is 0 Å². The van der Waals surface area contributed by atoms with Crippen LogP contribution in [0, 0.1) is 29.6 Å². The fourth-order valence-corrected chi connectivity index (χ4v) is 3.60. The van der Waals surface area contributed by atoms with Gasteiger partial charge in [0.1, 0.15) is 6.29 Å². The Labute approximate surface area is 87.3 Å². The predicted octanol–water partition coefficient (Wildman–Crippen LogP) is 3.28. The van der Waals surface area contributed by atoms with Crippen LogP contribution >= 0.6 is 0 Å². The summed E-state index contributed by atoms with van der Waals surface area (Å²) in [6.07, 6.45) is 8.22. The van der Waals surface area contributed by atoms with Crippen LogP contribution in [-0.2, 0) is 4.79 Å². The van der Waals surface area contributed by atoms with Crippen LogP contribution in [0.15, 0.2) is 0 Å². The van der Waals surface area contributed by atoms with Gasteiger partial charge in [0, 0.05) is 5.92 Å². The molecule has 14 heavy (non-hydrogen) atoms. The molecule has 0 N–H and O–H groups in total. The van der Waals surface area contributed by atoms with Crippen molar-refractivity contribution in [2.45, 2.75) is 46.0 Å². The summed E-state index contributed by atoms with van der Waals surface area (Å²) in [6.45, 7) is 4.54. The van der Waals surface area contributed by atoms with E-state index in [9.17, 15) is 4.79 Å². The summed E-state index contributed by atoms with van der Waals surface area (Å²) in [7, 11) is 0. The molecule has 0 aliphatic heterocycles. The minimum atomic E-state index is 0.415. The van der Waals surface area contributed by atoms with Crippen LogP contribution in [0.3, 0.4) is 0 Å². The van der Waals surface area contributed by atoms with Crippen LogP contribution in [0.2, 0.25) is 0 Å². The SMILES string of the molecule is CC(C)[C@@H]1[C@@H](C=O)[C@@H]1C1CCCCC1. The van der Waals surface area contributed by atoms with Crippen LogP contribution in [0.5, 0.6) is 0 Å². The van der Waals surface area contributed by atoms with E-state index in [0.717, 1.165) is 17.8 Å². The lowest BCUT2D eigenvalue weighted by molar-refractivity contribution is -0.109. The van der Waals surface area contributed by atoms with Gasteiger partial charge in [-0.1, -0.05) is 46.0 Å². The van der Waals surface area contributed by atoms with E-state index in [-0.39, 0.29) is 0 Å². The van der Waals surface area contributed by atoms with Crippen molar-refractivity contribution in [3.05, 3.63) is 0 Å². The van der Waals surface area contributed by atoms with E-state index >= 15 is 0 Å². The van der Waals surface area contributed by atoms with Gasteiger partial charge in [0.05, 0.1) is 0 Å². The van der Waals surface area contributed by atoms with Gasteiger partial charge in [-0.05, 0) is 23.7 Å². The molecular weight excluding hydrogens is 172 g/mol. The van der Waals surface area contributed by atoms with Crippen molar-refractivity contribution in [1.82, 2.24) is 0 Å². The normalized spacial score (nSPS) is 38.6. The molecule has 0 unspecified atom stereocenters. The van der Waals surface area contributed by atoms with Crippen molar-refractivity contribution in [1.29, 1.82) is 0 Å². The molecule has 1 heteroatoms. The summed E-state index contributed by atoms with van der Waals surface area (Å²) in [6, 6.07) is 0. The number of rotatable bonds is 3. The Kier molecular flexibility index (Phi) is 2.94. The van der Waals surface area contributed by atoms with E-state index < -0.39 is 0 Å². The molecule has 0 amide bonds. The van der Waals surface area contributed by atoms with Crippen molar-refractivity contribution in [2.24, 2.45) is 29.6 Å². The molecule has 2 aliphatic rings. The van der Waals surface area contributed by atoms with Gasteiger partial charge < -0.3 is 4.79 Å². The van der Waals surface area contributed by atoms with Crippen molar-refractivity contribution in [3.8, 4) is 0 Å². The molecular formula is C13H22O. The number of hydrogen-bond acceptors (Lipinski definition) is 1. The van der Waals surface area contributed by atoms with E-state index in [1.807, 2.05) is 0 Å². The first-order valence-electron chi connectivity index (χ1n) is 6.21. The second-order valence-corrected chi connectivity index (χ2v) is 5.51. The van der Waals surface area contributed by atoms with Crippen LogP contribution in [0.25, 0.3) is 0 Å². The molecule has 1 nitrogen and oxygen atoms in total. The maximum atomic E-state index is 10.9. The smallest absolute Gasteiger partial charge is 0.123 e. The van der Waals surface area contributed by atoms with E-state index in [2.05, 4.69) is 13.8 Å². The summed E-state index contributed by atoms with van der Waals surface area (Å²) in [5.74, 6) is 3.48. The van der Waals surface area contributed by atoms with Crippen molar-refractivity contribution < 1.29 is 4.79 Å². The molecule has 0 aromatic carbocycles. The molecule has 3 atom stereocenters. The highest BCUT2D eigenvalue weighted by Gasteiger charge is 2.54. The maximum Gasteiger partial charge on any atom is 0.123 e. The number of aldehydes is 1. The Morgan fingerprint density at radius 3 is 2.21 bits per heavy atom. The zero-order chi connectivity index (χ0) is 10.1. The minimum absolute atomic E-state index is 0.415. The van der Waals surface area contributed by atoms with Crippen LogP contribution in [0.4, 0.5) is 0 Å². The van der Waals surface area contributed by atoms with Gasteiger partial charge in [0.2, 0.25) is 0 Å². The van der Waals surface area contributed by atoms with Gasteiger partial charge in [0.25, 0.3) is 0 Å². The quantitative estimate of drug-likeness (QED) is 0.630. The van der Waals surface area contributed by atoms with E-state index in [1.54, 1.807) is 0 Å². The first-order valence-corrected chi connectivity index (χ1v) is 6.21. The Balaban J connectivity index is 1.94. The number of hydrogen-bond donors (Lipinski definition) is 0. The Bertz CT molecular complexity index is 203. The summed E-state index contributed by atoms with van der Waals surface area (Å²) in [4.78, 5) is 10.9. The largest absolute Gasteiger partial charge is 0.303 e. The molecule has 2 rings (SSSR count). The highest BCUT2D eigenvalue weighted by molar-refractivity contribution is 5.59. The molecule has 2 fully saturated rings. The molecule has 0 heterocycles. The third-order valence-electron chi connectivity index (χ3n) is 4.31. The lowest BCUT2D eigenvalue weighted by Gasteiger charge is -2.22. The monoisotopic (exact) mass is 194 g/mol. The lowest BCUT2D eigenvalue weighted by atomic mass is 9.84. The van der Waals surface area contributed by atoms with Gasteiger partial charge in [-0.25, -0.2) is 0 Å². The average molecular weight is 194 g/mol. The van der Waals surface area contributed by atoms with E-state index in [1.165, 1.54) is 38.4 Å². The van der Waals surface area contributed by atoms with Gasteiger partial charge in [-0.2, -0.15) is 0 Å². The summed E-state index contributed by atoms with van der Waals surface area (Å²) in [5.41, 5.74) is 0. The van der Waals surface area contributed by atoms with E-state index in [4.69, 9.17) is 0 Å². The molecule has 0 saturated heterocycles. The highest BCUT2D eigenvalue weighted by Crippen LogP contribution is 2.56. The zero-order valence-corrected chi connectivity index (χ0v) is 9.41. The number of carbonyl (C=O) groups excluding carboxylic acids is 1. The Hall–Kier alpha value is -0.330. The number of carbonyl (C=O) groups is 1. The molecule has 2 saturated carbocycles.